The van der Waals surface area contributed by atoms with Crippen LogP contribution in [0.2, 0.25) is 0 Å². The second kappa shape index (κ2) is 20.0. The Balaban J connectivity index is 3.33. The molecular weight excluding hydrogens is 366 g/mol. The van der Waals surface area contributed by atoms with Crippen LogP contribution in [0.4, 0.5) is 4.79 Å². The van der Waals surface area contributed by atoms with Gasteiger partial charge in [0, 0.05) is 7.05 Å². The molecule has 0 fully saturated rings. The number of rotatable bonds is 19. The van der Waals surface area contributed by atoms with Crippen LogP contribution < -0.4 is 0 Å². The van der Waals surface area contributed by atoms with Gasteiger partial charge in [-0.1, -0.05) is 103 Å². The maximum atomic E-state index is 11.9. The lowest BCUT2D eigenvalue weighted by molar-refractivity contribution is -0.148. The molecule has 1 amide bonds. The van der Waals surface area contributed by atoms with Crippen molar-refractivity contribution in [2.24, 2.45) is 0 Å². The van der Waals surface area contributed by atoms with Gasteiger partial charge in [0.05, 0.1) is 13.7 Å². The molecule has 0 heterocycles. The molecule has 0 rings (SSSR count). The zero-order chi connectivity index (χ0) is 21.7. The summed E-state index contributed by atoms with van der Waals surface area (Å²) in [6.45, 7) is 4.34. The molecule has 5 heteroatoms. The van der Waals surface area contributed by atoms with Crippen molar-refractivity contribution in [2.45, 2.75) is 123 Å². The summed E-state index contributed by atoms with van der Waals surface area (Å²) in [6.07, 6.45) is 20.6. The minimum absolute atomic E-state index is 0.376. The summed E-state index contributed by atoms with van der Waals surface area (Å²) in [4.78, 5) is 24.5. The molecule has 0 aromatic heterocycles. The van der Waals surface area contributed by atoms with Crippen LogP contribution in [-0.2, 0) is 14.3 Å². The van der Waals surface area contributed by atoms with Gasteiger partial charge in [-0.2, -0.15) is 0 Å². The van der Waals surface area contributed by atoms with Crippen molar-refractivity contribution < 1.29 is 19.1 Å². The van der Waals surface area contributed by atoms with Crippen molar-refractivity contribution in [3.05, 3.63) is 0 Å². The van der Waals surface area contributed by atoms with Gasteiger partial charge in [0.2, 0.25) is 0 Å². The van der Waals surface area contributed by atoms with E-state index in [4.69, 9.17) is 4.74 Å². The Morgan fingerprint density at radius 3 is 1.48 bits per heavy atom. The van der Waals surface area contributed by atoms with Gasteiger partial charge in [0.1, 0.15) is 6.04 Å². The zero-order valence-corrected chi connectivity index (χ0v) is 19.7. The molecule has 0 radical (unpaired) electrons. The first kappa shape index (κ1) is 27.7. The Bertz CT molecular complexity index is 400. The van der Waals surface area contributed by atoms with Crippen molar-refractivity contribution in [1.29, 1.82) is 0 Å². The number of hydrogen-bond donors (Lipinski definition) is 0. The first-order chi connectivity index (χ1) is 14.0. The summed E-state index contributed by atoms with van der Waals surface area (Å²) in [5, 5.41) is 0. The van der Waals surface area contributed by atoms with Gasteiger partial charge in [0.15, 0.2) is 0 Å². The van der Waals surface area contributed by atoms with Crippen molar-refractivity contribution in [3.63, 3.8) is 0 Å². The second-order valence-electron chi connectivity index (χ2n) is 8.23. The fourth-order valence-corrected chi connectivity index (χ4v) is 3.40. The molecule has 0 saturated carbocycles. The highest BCUT2D eigenvalue weighted by molar-refractivity contribution is 5.80. The smallest absolute Gasteiger partial charge is 0.409 e. The van der Waals surface area contributed by atoms with Crippen LogP contribution in [0.15, 0.2) is 0 Å². The van der Waals surface area contributed by atoms with E-state index in [-0.39, 0.29) is 5.97 Å². The quantitative estimate of drug-likeness (QED) is 0.171. The lowest BCUT2D eigenvalue weighted by Gasteiger charge is -2.21. The van der Waals surface area contributed by atoms with Crippen LogP contribution in [0.3, 0.4) is 0 Å². The molecule has 172 valence electrons. The fourth-order valence-electron chi connectivity index (χ4n) is 3.40. The van der Waals surface area contributed by atoms with E-state index in [2.05, 4.69) is 11.7 Å². The van der Waals surface area contributed by atoms with E-state index in [1.54, 1.807) is 6.92 Å². The highest BCUT2D eigenvalue weighted by Crippen LogP contribution is 2.13. The standard InChI is InChI=1S/C24H47NO4/c1-5-6-7-8-9-10-11-12-13-14-15-16-17-18-19-20-21-29-23(26)22(2)25(3)24(27)28-4/h22H,5-21H2,1-4H3. The molecule has 0 bridgehead atoms. The molecule has 0 aliphatic heterocycles. The van der Waals surface area contributed by atoms with Crippen molar-refractivity contribution in [1.82, 2.24) is 4.90 Å². The Morgan fingerprint density at radius 1 is 0.724 bits per heavy atom. The Hall–Kier alpha value is -1.26. The monoisotopic (exact) mass is 413 g/mol. The van der Waals surface area contributed by atoms with E-state index in [9.17, 15) is 9.59 Å². The van der Waals surface area contributed by atoms with E-state index >= 15 is 0 Å². The van der Waals surface area contributed by atoms with Crippen molar-refractivity contribution >= 4 is 12.1 Å². The van der Waals surface area contributed by atoms with Crippen LogP contribution >= 0.6 is 0 Å². The maximum absolute atomic E-state index is 11.9. The first-order valence-corrected chi connectivity index (χ1v) is 12.0. The Labute approximate surface area is 179 Å². The molecule has 0 aliphatic carbocycles. The Morgan fingerprint density at radius 2 is 1.10 bits per heavy atom. The predicted octanol–water partition coefficient (Wildman–Crippen LogP) is 6.88. The van der Waals surface area contributed by atoms with Crippen LogP contribution in [-0.4, -0.2) is 43.8 Å². The highest BCUT2D eigenvalue weighted by atomic mass is 16.6. The van der Waals surface area contributed by atoms with E-state index < -0.39 is 12.1 Å². The number of esters is 1. The largest absolute Gasteiger partial charge is 0.464 e. The topological polar surface area (TPSA) is 55.8 Å². The summed E-state index contributed by atoms with van der Waals surface area (Å²) in [7, 11) is 2.83. The highest BCUT2D eigenvalue weighted by Gasteiger charge is 2.23. The number of nitrogens with zero attached hydrogens (tertiary/aromatic N) is 1. The molecule has 29 heavy (non-hydrogen) atoms. The molecule has 0 spiro atoms. The van der Waals surface area contributed by atoms with Gasteiger partial charge in [0.25, 0.3) is 0 Å². The van der Waals surface area contributed by atoms with Gasteiger partial charge in [-0.3, -0.25) is 4.90 Å². The SMILES string of the molecule is CCCCCCCCCCCCCCCCCCOC(=O)C(C)N(C)C(=O)OC. The molecule has 0 saturated heterocycles. The summed E-state index contributed by atoms with van der Waals surface area (Å²) in [5.74, 6) is -0.376. The number of ether oxygens (including phenoxy) is 2. The number of methoxy groups -OCH3 is 1. The maximum Gasteiger partial charge on any atom is 0.409 e. The third kappa shape index (κ3) is 16.2. The van der Waals surface area contributed by atoms with Gasteiger partial charge < -0.3 is 9.47 Å². The van der Waals surface area contributed by atoms with Crippen LogP contribution in [0, 0.1) is 0 Å². The minimum atomic E-state index is -0.622. The normalized spacial score (nSPS) is 11.9. The zero-order valence-electron chi connectivity index (χ0n) is 19.7. The average molecular weight is 414 g/mol. The molecular formula is C24H47NO4. The van der Waals surface area contributed by atoms with Crippen LogP contribution in [0.1, 0.15) is 117 Å². The van der Waals surface area contributed by atoms with Gasteiger partial charge in [-0.15, -0.1) is 0 Å². The van der Waals surface area contributed by atoms with Crippen molar-refractivity contribution in [3.8, 4) is 0 Å². The van der Waals surface area contributed by atoms with E-state index in [1.807, 2.05) is 0 Å². The number of likely N-dealkylation sites (N-methyl/N-ethyl adjacent to an activating group) is 1. The van der Waals surface area contributed by atoms with E-state index in [0.717, 1.165) is 12.8 Å². The predicted molar refractivity (Wildman–Crippen MR) is 120 cm³/mol. The Kier molecular flexibility index (Phi) is 19.2. The van der Waals surface area contributed by atoms with Crippen molar-refractivity contribution in [2.75, 3.05) is 20.8 Å². The minimum Gasteiger partial charge on any atom is -0.464 e. The lowest BCUT2D eigenvalue weighted by atomic mass is 10.0. The summed E-state index contributed by atoms with van der Waals surface area (Å²) in [5.41, 5.74) is 0. The molecule has 1 unspecified atom stereocenters. The van der Waals surface area contributed by atoms with E-state index in [1.165, 1.54) is 109 Å². The molecule has 0 aliphatic rings. The number of amides is 1. The van der Waals surface area contributed by atoms with Gasteiger partial charge >= 0.3 is 12.1 Å². The van der Waals surface area contributed by atoms with Crippen LogP contribution in [0.5, 0.6) is 0 Å². The third-order valence-electron chi connectivity index (χ3n) is 5.63. The molecule has 0 aromatic carbocycles. The summed E-state index contributed by atoms with van der Waals surface area (Å²) < 4.78 is 9.85. The average Bonchev–Trinajstić information content (AvgIpc) is 2.73. The van der Waals surface area contributed by atoms with Crippen LogP contribution in [0.25, 0.3) is 0 Å². The molecule has 5 nitrogen and oxygen atoms in total. The van der Waals surface area contributed by atoms with Gasteiger partial charge in [-0.25, -0.2) is 9.59 Å². The number of hydrogen-bond acceptors (Lipinski definition) is 4. The van der Waals surface area contributed by atoms with E-state index in [0.29, 0.717) is 6.61 Å². The number of carbonyl (C=O) groups excluding carboxylic acids is 2. The number of unbranched alkanes of at least 4 members (excludes halogenated alkanes) is 15. The second-order valence-corrected chi connectivity index (χ2v) is 8.23. The number of carbonyl (C=O) groups is 2. The fraction of sp³-hybridized carbons (Fsp3) is 0.917. The third-order valence-corrected chi connectivity index (χ3v) is 5.63. The summed E-state index contributed by atoms with van der Waals surface area (Å²) >= 11 is 0. The summed E-state index contributed by atoms with van der Waals surface area (Å²) in [6, 6.07) is -0.622. The molecule has 0 N–H and O–H groups in total. The molecule has 0 aromatic rings. The van der Waals surface area contributed by atoms with Gasteiger partial charge in [-0.05, 0) is 13.3 Å². The lowest BCUT2D eigenvalue weighted by Crippen LogP contribution is -2.41. The molecule has 1 atom stereocenters. The first-order valence-electron chi connectivity index (χ1n) is 12.0.